The van der Waals surface area contributed by atoms with E-state index in [1.807, 2.05) is 23.9 Å². The summed E-state index contributed by atoms with van der Waals surface area (Å²) >= 11 is 8.03. The van der Waals surface area contributed by atoms with Gasteiger partial charge in [0.2, 0.25) is 0 Å². The number of allylic oxidation sites excluding steroid dienone is 2. The zero-order valence-corrected chi connectivity index (χ0v) is 18.0. The summed E-state index contributed by atoms with van der Waals surface area (Å²) in [6, 6.07) is 24.1. The predicted octanol–water partition coefficient (Wildman–Crippen LogP) is 7.77. The third kappa shape index (κ3) is 3.72. The molecule has 3 atom stereocenters. The molecule has 3 heteroatoms. The Hall–Kier alpha value is -2.16. The van der Waals surface area contributed by atoms with Crippen LogP contribution >= 0.6 is 23.4 Å². The fourth-order valence-corrected chi connectivity index (χ4v) is 5.71. The van der Waals surface area contributed by atoms with Crippen molar-refractivity contribution in [2.75, 3.05) is 5.32 Å². The van der Waals surface area contributed by atoms with Gasteiger partial charge in [-0.05, 0) is 65.8 Å². The van der Waals surface area contributed by atoms with Gasteiger partial charge in [0, 0.05) is 27.3 Å². The molecule has 1 aliphatic carbocycles. The Morgan fingerprint density at radius 2 is 1.83 bits per heavy atom. The molecular weight excluding hydrogens is 394 g/mol. The molecule has 3 aromatic rings. The lowest BCUT2D eigenvalue weighted by Gasteiger charge is -2.38. The average Bonchev–Trinajstić information content (AvgIpc) is 3.24. The summed E-state index contributed by atoms with van der Waals surface area (Å²) < 4.78 is 0. The molecule has 2 aliphatic rings. The molecule has 5 rings (SSSR count). The Kier molecular flexibility index (Phi) is 5.15. The third-order valence-electron chi connectivity index (χ3n) is 6.10. The highest BCUT2D eigenvalue weighted by Crippen LogP contribution is 2.51. The molecule has 0 unspecified atom stereocenters. The lowest BCUT2D eigenvalue weighted by Crippen LogP contribution is -2.29. The molecule has 0 fully saturated rings. The summed E-state index contributed by atoms with van der Waals surface area (Å²) in [4.78, 5) is 1.32. The van der Waals surface area contributed by atoms with Gasteiger partial charge in [0.25, 0.3) is 0 Å². The van der Waals surface area contributed by atoms with E-state index in [2.05, 4.69) is 79.0 Å². The number of thioether (sulfide) groups is 1. The van der Waals surface area contributed by atoms with E-state index in [1.54, 1.807) is 0 Å². The SMILES string of the molecule is Cc1cc(CSc2ccccc2)cc2c1N[C@H](c1ccc(Cl)cc1)[C@H]1CC=C[C@@H]21. The molecule has 0 spiro atoms. The van der Waals surface area contributed by atoms with E-state index in [0.29, 0.717) is 17.9 Å². The van der Waals surface area contributed by atoms with Crippen molar-refractivity contribution >= 4 is 29.1 Å². The minimum Gasteiger partial charge on any atom is -0.377 e. The van der Waals surface area contributed by atoms with Crippen LogP contribution in [-0.2, 0) is 5.75 Å². The first-order chi connectivity index (χ1) is 14.2. The molecule has 1 N–H and O–H groups in total. The molecular formula is C26H24ClNS. The highest BCUT2D eigenvalue weighted by molar-refractivity contribution is 7.98. The Morgan fingerprint density at radius 1 is 1.03 bits per heavy atom. The quantitative estimate of drug-likeness (QED) is 0.343. The Morgan fingerprint density at radius 3 is 2.62 bits per heavy atom. The number of benzene rings is 3. The summed E-state index contributed by atoms with van der Waals surface area (Å²) in [6.07, 6.45) is 5.89. The van der Waals surface area contributed by atoms with Crippen molar-refractivity contribution < 1.29 is 0 Å². The average molecular weight is 418 g/mol. The van der Waals surface area contributed by atoms with Crippen LogP contribution in [0.3, 0.4) is 0 Å². The first-order valence-corrected chi connectivity index (χ1v) is 11.6. The number of hydrogen-bond acceptors (Lipinski definition) is 2. The van der Waals surface area contributed by atoms with Gasteiger partial charge in [-0.15, -0.1) is 11.8 Å². The van der Waals surface area contributed by atoms with Crippen molar-refractivity contribution in [2.24, 2.45) is 5.92 Å². The molecule has 0 bridgehead atoms. The predicted molar refractivity (Wildman–Crippen MR) is 125 cm³/mol. The van der Waals surface area contributed by atoms with Crippen LogP contribution in [0, 0.1) is 12.8 Å². The third-order valence-corrected chi connectivity index (χ3v) is 7.44. The van der Waals surface area contributed by atoms with E-state index in [9.17, 15) is 0 Å². The Labute approximate surface area is 182 Å². The van der Waals surface area contributed by atoms with Crippen molar-refractivity contribution in [1.82, 2.24) is 0 Å². The van der Waals surface area contributed by atoms with Gasteiger partial charge in [-0.2, -0.15) is 0 Å². The molecule has 0 radical (unpaired) electrons. The largest absolute Gasteiger partial charge is 0.377 e. The molecule has 3 aromatic carbocycles. The summed E-state index contributed by atoms with van der Waals surface area (Å²) in [5, 5.41) is 4.68. The molecule has 1 heterocycles. The maximum atomic E-state index is 6.12. The lowest BCUT2D eigenvalue weighted by atomic mass is 9.76. The fraction of sp³-hybridized carbons (Fsp3) is 0.231. The van der Waals surface area contributed by atoms with Crippen LogP contribution in [-0.4, -0.2) is 0 Å². The molecule has 0 aromatic heterocycles. The molecule has 29 heavy (non-hydrogen) atoms. The van der Waals surface area contributed by atoms with Gasteiger partial charge in [0.1, 0.15) is 0 Å². The number of hydrogen-bond donors (Lipinski definition) is 1. The molecule has 146 valence electrons. The van der Waals surface area contributed by atoms with E-state index in [0.717, 1.165) is 17.2 Å². The molecule has 0 amide bonds. The highest BCUT2D eigenvalue weighted by atomic mass is 35.5. The van der Waals surface area contributed by atoms with E-state index in [1.165, 1.54) is 32.8 Å². The number of halogens is 1. The second-order valence-corrected chi connectivity index (χ2v) is 9.49. The first kappa shape index (κ1) is 18.8. The number of fused-ring (bicyclic) bond motifs is 3. The molecule has 0 saturated carbocycles. The molecule has 1 aliphatic heterocycles. The second kappa shape index (κ2) is 7.93. The number of rotatable bonds is 4. The molecule has 0 saturated heterocycles. The van der Waals surface area contributed by atoms with Crippen molar-refractivity contribution in [2.45, 2.75) is 36.0 Å². The Bertz CT molecular complexity index is 1040. The van der Waals surface area contributed by atoms with Crippen LogP contribution in [0.5, 0.6) is 0 Å². The summed E-state index contributed by atoms with van der Waals surface area (Å²) in [5.74, 6) is 2.03. The zero-order valence-electron chi connectivity index (χ0n) is 16.4. The van der Waals surface area contributed by atoms with Crippen molar-refractivity contribution in [3.63, 3.8) is 0 Å². The van der Waals surface area contributed by atoms with Crippen molar-refractivity contribution in [1.29, 1.82) is 0 Å². The topological polar surface area (TPSA) is 12.0 Å². The number of aryl methyl sites for hydroxylation is 1. The van der Waals surface area contributed by atoms with E-state index in [4.69, 9.17) is 11.6 Å². The summed E-state index contributed by atoms with van der Waals surface area (Å²) in [7, 11) is 0. The van der Waals surface area contributed by atoms with Gasteiger partial charge in [-0.1, -0.05) is 66.2 Å². The zero-order chi connectivity index (χ0) is 19.8. The monoisotopic (exact) mass is 417 g/mol. The standard InChI is InChI=1S/C26H24ClNS/c1-17-14-18(16-29-21-6-3-2-4-7-21)15-24-22-8-5-9-23(22)26(28-25(17)24)19-10-12-20(27)13-11-19/h2-8,10-15,22-23,26,28H,9,16H2,1H3/t22-,23+,26-/m1/s1. The van der Waals surface area contributed by atoms with Crippen LogP contribution in [0.15, 0.2) is 83.8 Å². The maximum Gasteiger partial charge on any atom is 0.0554 e. The fourth-order valence-electron chi connectivity index (χ4n) is 4.73. The van der Waals surface area contributed by atoms with E-state index in [-0.39, 0.29) is 0 Å². The van der Waals surface area contributed by atoms with E-state index < -0.39 is 0 Å². The van der Waals surface area contributed by atoms with Gasteiger partial charge in [0.15, 0.2) is 0 Å². The molecule has 1 nitrogen and oxygen atoms in total. The Balaban J connectivity index is 1.46. The highest BCUT2D eigenvalue weighted by Gasteiger charge is 2.38. The first-order valence-electron chi connectivity index (χ1n) is 10.2. The van der Waals surface area contributed by atoms with Crippen molar-refractivity contribution in [3.05, 3.63) is 106 Å². The summed E-state index contributed by atoms with van der Waals surface area (Å²) in [6.45, 7) is 2.24. The normalized spacial score (nSPS) is 22.1. The van der Waals surface area contributed by atoms with E-state index >= 15 is 0 Å². The van der Waals surface area contributed by atoms with Gasteiger partial charge in [-0.25, -0.2) is 0 Å². The number of anilines is 1. The maximum absolute atomic E-state index is 6.12. The van der Waals surface area contributed by atoms with Crippen molar-refractivity contribution in [3.8, 4) is 0 Å². The van der Waals surface area contributed by atoms with Crippen LogP contribution < -0.4 is 5.32 Å². The lowest BCUT2D eigenvalue weighted by molar-refractivity contribution is 0.425. The van der Waals surface area contributed by atoms with Gasteiger partial charge >= 0.3 is 0 Å². The van der Waals surface area contributed by atoms with Crippen LogP contribution in [0.1, 0.15) is 40.6 Å². The van der Waals surface area contributed by atoms with Gasteiger partial charge < -0.3 is 5.32 Å². The summed E-state index contributed by atoms with van der Waals surface area (Å²) in [5.41, 5.74) is 6.83. The van der Waals surface area contributed by atoms with Crippen LogP contribution in [0.4, 0.5) is 5.69 Å². The number of nitrogens with one attached hydrogen (secondary N) is 1. The van der Waals surface area contributed by atoms with Gasteiger partial charge in [-0.3, -0.25) is 0 Å². The van der Waals surface area contributed by atoms with Gasteiger partial charge in [0.05, 0.1) is 6.04 Å². The van der Waals surface area contributed by atoms with Crippen LogP contribution in [0.2, 0.25) is 5.02 Å². The minimum absolute atomic E-state index is 0.322. The smallest absolute Gasteiger partial charge is 0.0554 e. The minimum atomic E-state index is 0.322. The van der Waals surface area contributed by atoms with Crippen LogP contribution in [0.25, 0.3) is 0 Å². The second-order valence-electron chi connectivity index (χ2n) is 8.01.